The quantitative estimate of drug-likeness (QED) is 0.555. The van der Waals surface area contributed by atoms with Gasteiger partial charge in [0.05, 0.1) is 21.5 Å². The summed E-state index contributed by atoms with van der Waals surface area (Å²) in [6.45, 7) is 3.78. The molecule has 4 heterocycles. The number of pyridine rings is 2. The number of nitrogens with one attached hydrogen (secondary N) is 2. The minimum absolute atomic E-state index is 0.149. The van der Waals surface area contributed by atoms with Crippen LogP contribution < -0.4 is 15.5 Å². The lowest BCUT2D eigenvalue weighted by Crippen LogP contribution is -2.43. The molecular weight excluding hydrogens is 458 g/mol. The number of hydrogen-bond donors (Lipinski definition) is 2. The van der Waals surface area contributed by atoms with E-state index < -0.39 is 11.8 Å². The van der Waals surface area contributed by atoms with E-state index in [-0.39, 0.29) is 12.3 Å². The molecule has 2 fully saturated rings. The Kier molecular flexibility index (Phi) is 6.11. The molecule has 1 saturated carbocycles. The fourth-order valence-electron chi connectivity index (χ4n) is 4.78. The van der Waals surface area contributed by atoms with Crippen molar-refractivity contribution in [3.05, 3.63) is 41.0 Å². The average molecular weight is 487 g/mol. The Bertz CT molecular complexity index is 1190. The van der Waals surface area contributed by atoms with Gasteiger partial charge in [0, 0.05) is 64.2 Å². The number of halogens is 2. The second kappa shape index (κ2) is 9.07. The molecule has 1 aliphatic carbocycles. The third-order valence-corrected chi connectivity index (χ3v) is 7.71. The van der Waals surface area contributed by atoms with Crippen molar-refractivity contribution in [3.8, 4) is 0 Å². The maximum Gasteiger partial charge on any atom is 0.263 e. The zero-order valence-electron chi connectivity index (χ0n) is 19.3. The Morgan fingerprint density at radius 1 is 1.21 bits per heavy atom. The Balaban J connectivity index is 1.47. The highest BCUT2D eigenvalue weighted by Gasteiger charge is 2.47. The van der Waals surface area contributed by atoms with Crippen molar-refractivity contribution in [1.82, 2.24) is 20.2 Å². The summed E-state index contributed by atoms with van der Waals surface area (Å²) >= 11 is 1.24. The molecule has 0 bridgehead atoms. The van der Waals surface area contributed by atoms with Crippen LogP contribution in [0, 0.1) is 0 Å². The molecule has 1 saturated heterocycles. The Morgan fingerprint density at radius 3 is 2.62 bits per heavy atom. The van der Waals surface area contributed by atoms with Gasteiger partial charge < -0.3 is 20.4 Å². The van der Waals surface area contributed by atoms with Crippen molar-refractivity contribution in [2.75, 3.05) is 50.5 Å². The third kappa shape index (κ3) is 4.32. The second-order valence-corrected chi connectivity index (χ2v) is 10.1. The van der Waals surface area contributed by atoms with E-state index in [0.29, 0.717) is 40.3 Å². The van der Waals surface area contributed by atoms with Gasteiger partial charge in [0.2, 0.25) is 0 Å². The Labute approximate surface area is 201 Å². The summed E-state index contributed by atoms with van der Waals surface area (Å²) in [4.78, 5) is 26.0. The lowest BCUT2D eigenvalue weighted by molar-refractivity contribution is -0.00865. The van der Waals surface area contributed by atoms with Gasteiger partial charge in [0.15, 0.2) is 0 Å². The lowest BCUT2D eigenvalue weighted by Gasteiger charge is -2.29. The highest BCUT2D eigenvalue weighted by Crippen LogP contribution is 2.51. The average Bonchev–Trinajstić information content (AvgIpc) is 3.37. The number of carbonyl (C=O) groups is 1. The molecule has 1 amide bonds. The number of nitrogens with zero attached hydrogens (tertiary/aromatic N) is 4. The molecule has 0 radical (unpaired) electrons. The Morgan fingerprint density at radius 2 is 1.97 bits per heavy atom. The predicted octanol–water partition coefficient (Wildman–Crippen LogP) is 4.45. The van der Waals surface area contributed by atoms with Crippen molar-refractivity contribution in [3.63, 3.8) is 0 Å². The predicted molar refractivity (Wildman–Crippen MR) is 132 cm³/mol. The molecule has 3 aromatic rings. The zero-order chi connectivity index (χ0) is 23.9. The van der Waals surface area contributed by atoms with Crippen molar-refractivity contribution in [2.45, 2.75) is 31.1 Å². The summed E-state index contributed by atoms with van der Waals surface area (Å²) in [7, 11) is 3.29. The van der Waals surface area contributed by atoms with Gasteiger partial charge in [-0.3, -0.25) is 4.79 Å². The molecule has 0 aromatic carbocycles. The normalized spacial score (nSPS) is 20.0. The topological polar surface area (TPSA) is 73.4 Å². The third-order valence-electron chi connectivity index (χ3n) is 6.56. The van der Waals surface area contributed by atoms with Gasteiger partial charge in [0.1, 0.15) is 11.6 Å². The van der Waals surface area contributed by atoms with Crippen LogP contribution in [-0.4, -0.2) is 67.0 Å². The highest BCUT2D eigenvalue weighted by molar-refractivity contribution is 7.21. The number of aromatic nitrogens is 2. The van der Waals surface area contributed by atoms with E-state index in [2.05, 4.69) is 25.5 Å². The maximum atomic E-state index is 14.8. The number of amides is 1. The van der Waals surface area contributed by atoms with Gasteiger partial charge in [-0.1, -0.05) is 0 Å². The summed E-state index contributed by atoms with van der Waals surface area (Å²) in [5.74, 6) is -2.91. The highest BCUT2D eigenvalue weighted by atomic mass is 32.1. The monoisotopic (exact) mass is 486 g/mol. The summed E-state index contributed by atoms with van der Waals surface area (Å²) in [6, 6.07) is 5.68. The van der Waals surface area contributed by atoms with Crippen LogP contribution in [-0.2, 0) is 0 Å². The number of thiophene rings is 1. The van der Waals surface area contributed by atoms with Gasteiger partial charge in [0.25, 0.3) is 11.8 Å². The number of alkyl halides is 2. The minimum atomic E-state index is -2.83. The van der Waals surface area contributed by atoms with Crippen LogP contribution in [0.25, 0.3) is 10.1 Å². The first kappa shape index (κ1) is 22.9. The van der Waals surface area contributed by atoms with Crippen molar-refractivity contribution in [2.24, 2.45) is 0 Å². The molecule has 10 heteroatoms. The van der Waals surface area contributed by atoms with Crippen LogP contribution in [0.15, 0.2) is 30.6 Å². The molecule has 2 aliphatic rings. The Hall–Kier alpha value is -2.85. The molecule has 3 aromatic heterocycles. The van der Waals surface area contributed by atoms with Gasteiger partial charge in [-0.05, 0) is 36.6 Å². The number of fused-ring (bicyclic) bond motifs is 1. The maximum absolute atomic E-state index is 14.8. The number of hydrogen-bond acceptors (Lipinski definition) is 7. The molecule has 0 spiro atoms. The first-order valence-electron chi connectivity index (χ1n) is 11.5. The fraction of sp³-hybridized carbons (Fsp3) is 0.458. The molecule has 2 N–H and O–H groups in total. The van der Waals surface area contributed by atoms with E-state index in [1.54, 1.807) is 26.4 Å². The molecule has 34 heavy (non-hydrogen) atoms. The number of anilines is 3. The summed E-state index contributed by atoms with van der Waals surface area (Å²) in [5.41, 5.74) is 1.51. The number of piperazine rings is 1. The van der Waals surface area contributed by atoms with Gasteiger partial charge in [-0.2, -0.15) is 0 Å². The summed E-state index contributed by atoms with van der Waals surface area (Å²) in [5, 5.41) is 7.19. The summed E-state index contributed by atoms with van der Waals surface area (Å²) < 4.78 is 30.4. The lowest BCUT2D eigenvalue weighted by atomic mass is 9.92. The smallest absolute Gasteiger partial charge is 0.263 e. The van der Waals surface area contributed by atoms with E-state index in [9.17, 15) is 13.6 Å². The van der Waals surface area contributed by atoms with Crippen LogP contribution in [0.2, 0.25) is 0 Å². The standard InChI is InChI=1S/C24H28F2N6OS/c1-31(2)23(33)22-21(17-4-3-7-24(17,25)26)16-12-20(29-14-18(16)34-22)30-19-6-5-15(13-28-19)32-10-8-27-9-11-32/h5-6,12-14,17,27H,3-4,7-11H2,1-2H3,(H,28,29,30). The summed E-state index contributed by atoms with van der Waals surface area (Å²) in [6.07, 6.45) is 4.15. The number of carbonyl (C=O) groups excluding carboxylic acids is 1. The molecule has 1 unspecified atom stereocenters. The van der Waals surface area contributed by atoms with Crippen LogP contribution in [0.1, 0.15) is 40.4 Å². The molecule has 5 rings (SSSR count). The largest absolute Gasteiger partial charge is 0.368 e. The second-order valence-electron chi connectivity index (χ2n) is 9.08. The van der Waals surface area contributed by atoms with Gasteiger partial charge in [-0.25, -0.2) is 18.7 Å². The SMILES string of the molecule is CN(C)C(=O)c1sc2cnc(Nc3ccc(N4CCNCC4)cn3)cc2c1C1CCCC1(F)F. The van der Waals surface area contributed by atoms with Crippen LogP contribution in [0.4, 0.5) is 26.1 Å². The van der Waals surface area contributed by atoms with Crippen LogP contribution >= 0.6 is 11.3 Å². The first-order chi connectivity index (χ1) is 16.3. The van der Waals surface area contributed by atoms with E-state index >= 15 is 0 Å². The first-order valence-corrected chi connectivity index (χ1v) is 12.4. The molecule has 7 nitrogen and oxygen atoms in total. The van der Waals surface area contributed by atoms with Gasteiger partial charge >= 0.3 is 0 Å². The van der Waals surface area contributed by atoms with E-state index in [4.69, 9.17) is 0 Å². The molecule has 1 aliphatic heterocycles. The number of rotatable bonds is 5. The molecule has 180 valence electrons. The fourth-order valence-corrected chi connectivity index (χ4v) is 6.02. The molecule has 1 atom stereocenters. The van der Waals surface area contributed by atoms with Crippen molar-refractivity contribution in [1.29, 1.82) is 0 Å². The van der Waals surface area contributed by atoms with Crippen LogP contribution in [0.5, 0.6) is 0 Å². The zero-order valence-corrected chi connectivity index (χ0v) is 20.1. The van der Waals surface area contributed by atoms with Crippen molar-refractivity contribution < 1.29 is 13.6 Å². The van der Waals surface area contributed by atoms with E-state index in [0.717, 1.165) is 36.6 Å². The van der Waals surface area contributed by atoms with E-state index in [1.165, 1.54) is 16.2 Å². The van der Waals surface area contributed by atoms with Crippen molar-refractivity contribution >= 4 is 44.7 Å². The van der Waals surface area contributed by atoms with Gasteiger partial charge in [-0.15, -0.1) is 11.3 Å². The minimum Gasteiger partial charge on any atom is -0.368 e. The molecular formula is C24H28F2N6OS. The van der Waals surface area contributed by atoms with E-state index in [1.807, 2.05) is 18.3 Å². The van der Waals surface area contributed by atoms with Crippen LogP contribution in [0.3, 0.4) is 0 Å².